The van der Waals surface area contributed by atoms with Gasteiger partial charge in [0.25, 0.3) is 0 Å². The van der Waals surface area contributed by atoms with Crippen LogP contribution in [0.4, 0.5) is 13.6 Å². The van der Waals surface area contributed by atoms with Crippen LogP contribution >= 0.6 is 0 Å². The van der Waals surface area contributed by atoms with E-state index in [2.05, 4.69) is 0 Å². The molecule has 2 aliphatic heterocycles. The minimum atomic E-state index is -0.542. The first-order valence-corrected chi connectivity index (χ1v) is 9.50. The molecule has 7 heteroatoms. The Labute approximate surface area is 167 Å². The molecule has 2 amide bonds. The lowest BCUT2D eigenvalue weighted by Crippen LogP contribution is -2.46. The van der Waals surface area contributed by atoms with E-state index in [9.17, 15) is 18.7 Å². The summed E-state index contributed by atoms with van der Waals surface area (Å²) in [4.78, 5) is 16.5. The molecule has 4 rings (SSSR count). The van der Waals surface area contributed by atoms with E-state index in [0.29, 0.717) is 24.4 Å². The number of hydrogen-bond donors (Lipinski definition) is 1. The van der Waals surface area contributed by atoms with E-state index in [1.54, 1.807) is 47.2 Å². The van der Waals surface area contributed by atoms with Gasteiger partial charge in [0.15, 0.2) is 0 Å². The minimum absolute atomic E-state index is 0.0257. The Morgan fingerprint density at radius 3 is 2.79 bits per heavy atom. The molecule has 0 saturated carbocycles. The molecular weight excluding hydrogens is 378 g/mol. The predicted octanol–water partition coefficient (Wildman–Crippen LogP) is 3.95. The molecule has 0 aromatic heterocycles. The van der Waals surface area contributed by atoms with Gasteiger partial charge in [-0.3, -0.25) is 0 Å². The third kappa shape index (κ3) is 3.82. The van der Waals surface area contributed by atoms with Gasteiger partial charge in [0.05, 0.1) is 18.7 Å². The van der Waals surface area contributed by atoms with Crippen LogP contribution in [0.2, 0.25) is 0 Å². The largest absolute Gasteiger partial charge is 0.508 e. The Morgan fingerprint density at radius 1 is 1.24 bits per heavy atom. The van der Waals surface area contributed by atoms with Gasteiger partial charge in [-0.05, 0) is 47.9 Å². The molecule has 0 bridgehead atoms. The van der Waals surface area contributed by atoms with Crippen LogP contribution in [-0.2, 0) is 4.74 Å². The SMILES string of the molecule is CN(C(=O)N1CC(c2cc(F)ccc2F)=C[C@H]1c1cccc(O)c1)C1CCOC1. The number of carbonyl (C=O) groups is 1. The Hall–Kier alpha value is -2.93. The second-order valence-electron chi connectivity index (χ2n) is 7.39. The second kappa shape index (κ2) is 7.83. The maximum Gasteiger partial charge on any atom is 0.321 e. The molecule has 0 aliphatic carbocycles. The average molecular weight is 400 g/mol. The van der Waals surface area contributed by atoms with E-state index < -0.39 is 17.7 Å². The first kappa shape index (κ1) is 19.4. The highest BCUT2D eigenvalue weighted by atomic mass is 19.1. The molecule has 1 fully saturated rings. The number of nitrogens with zero attached hydrogens (tertiary/aromatic N) is 2. The molecule has 2 aromatic rings. The lowest BCUT2D eigenvalue weighted by atomic mass is 10.0. The van der Waals surface area contributed by atoms with Gasteiger partial charge in [-0.15, -0.1) is 0 Å². The number of aromatic hydroxyl groups is 1. The number of phenols is 1. The predicted molar refractivity (Wildman–Crippen MR) is 104 cm³/mol. The summed E-state index contributed by atoms with van der Waals surface area (Å²) in [6, 6.07) is 9.15. The Kier molecular flexibility index (Phi) is 5.24. The summed E-state index contributed by atoms with van der Waals surface area (Å²) in [6.07, 6.45) is 2.51. The first-order valence-electron chi connectivity index (χ1n) is 9.50. The fraction of sp³-hybridized carbons (Fsp3) is 0.318. The van der Waals surface area contributed by atoms with Crippen molar-refractivity contribution >= 4 is 11.6 Å². The molecule has 29 heavy (non-hydrogen) atoms. The van der Waals surface area contributed by atoms with Crippen LogP contribution in [0.25, 0.3) is 5.57 Å². The fourth-order valence-corrected chi connectivity index (χ4v) is 3.89. The number of hydrogen-bond acceptors (Lipinski definition) is 3. The van der Waals surface area contributed by atoms with Crippen LogP contribution in [0.3, 0.4) is 0 Å². The molecule has 0 radical (unpaired) electrons. The zero-order chi connectivity index (χ0) is 20.5. The van der Waals surface area contributed by atoms with Gasteiger partial charge in [0.1, 0.15) is 17.4 Å². The summed E-state index contributed by atoms with van der Waals surface area (Å²) in [6.45, 7) is 1.22. The van der Waals surface area contributed by atoms with Crippen LogP contribution < -0.4 is 0 Å². The van der Waals surface area contributed by atoms with Gasteiger partial charge in [-0.2, -0.15) is 0 Å². The smallest absolute Gasteiger partial charge is 0.321 e. The van der Waals surface area contributed by atoms with Crippen molar-refractivity contribution in [2.45, 2.75) is 18.5 Å². The number of halogens is 2. The average Bonchev–Trinajstić information content (AvgIpc) is 3.39. The summed E-state index contributed by atoms with van der Waals surface area (Å²) in [7, 11) is 1.72. The van der Waals surface area contributed by atoms with E-state index in [1.165, 1.54) is 0 Å². The number of carbonyl (C=O) groups excluding carboxylic acids is 1. The molecule has 0 spiro atoms. The lowest BCUT2D eigenvalue weighted by Gasteiger charge is -2.32. The summed E-state index contributed by atoms with van der Waals surface area (Å²) < 4.78 is 33.5. The van der Waals surface area contributed by atoms with E-state index in [4.69, 9.17) is 4.74 Å². The maximum atomic E-state index is 14.4. The number of phenolic OH excluding ortho intramolecular Hbond substituents is 1. The summed E-state index contributed by atoms with van der Waals surface area (Å²) in [5, 5.41) is 9.88. The molecular formula is C22H22F2N2O3. The minimum Gasteiger partial charge on any atom is -0.508 e. The van der Waals surface area contributed by atoms with E-state index in [0.717, 1.165) is 24.6 Å². The van der Waals surface area contributed by atoms with Crippen molar-refractivity contribution in [1.29, 1.82) is 0 Å². The Bertz CT molecular complexity index is 957. The third-order valence-corrected chi connectivity index (χ3v) is 5.52. The standard InChI is InChI=1S/C22H22F2N2O3/c1-25(17-7-8-29-13-17)22(28)26-12-15(19-11-16(23)5-6-20(19)24)10-21(26)14-3-2-4-18(27)9-14/h2-6,9-11,17,21,27H,7-8,12-13H2,1H3/t17?,21-/m0/s1. The Balaban J connectivity index is 1.70. The molecule has 2 aliphatic rings. The molecule has 5 nitrogen and oxygen atoms in total. The molecule has 1 saturated heterocycles. The number of rotatable bonds is 3. The zero-order valence-electron chi connectivity index (χ0n) is 16.0. The number of ether oxygens (including phenoxy) is 1. The van der Waals surface area contributed by atoms with Crippen LogP contribution in [0, 0.1) is 11.6 Å². The van der Waals surface area contributed by atoms with Crippen LogP contribution in [-0.4, -0.2) is 53.8 Å². The van der Waals surface area contributed by atoms with Crippen molar-refractivity contribution in [3.05, 3.63) is 71.3 Å². The molecule has 2 atom stereocenters. The summed E-state index contributed by atoms with van der Waals surface area (Å²) >= 11 is 0. The van der Waals surface area contributed by atoms with E-state index in [1.807, 2.05) is 0 Å². The number of amides is 2. The summed E-state index contributed by atoms with van der Waals surface area (Å²) in [5.74, 6) is -1.01. The molecule has 2 heterocycles. The van der Waals surface area contributed by atoms with Gasteiger partial charge < -0.3 is 19.6 Å². The van der Waals surface area contributed by atoms with Crippen molar-refractivity contribution < 1.29 is 23.4 Å². The van der Waals surface area contributed by atoms with Gasteiger partial charge in [-0.25, -0.2) is 13.6 Å². The third-order valence-electron chi connectivity index (χ3n) is 5.52. The molecule has 152 valence electrons. The van der Waals surface area contributed by atoms with Gasteiger partial charge in [-0.1, -0.05) is 18.2 Å². The number of benzene rings is 2. The van der Waals surface area contributed by atoms with Crippen LogP contribution in [0.15, 0.2) is 48.5 Å². The topological polar surface area (TPSA) is 53.0 Å². The monoisotopic (exact) mass is 400 g/mol. The Morgan fingerprint density at radius 2 is 2.07 bits per heavy atom. The van der Waals surface area contributed by atoms with Gasteiger partial charge in [0, 0.05) is 25.8 Å². The highest BCUT2D eigenvalue weighted by Gasteiger charge is 2.36. The second-order valence-corrected chi connectivity index (χ2v) is 7.39. The summed E-state index contributed by atoms with van der Waals surface area (Å²) in [5.41, 5.74) is 1.36. The van der Waals surface area contributed by atoms with Crippen LogP contribution in [0.5, 0.6) is 5.75 Å². The molecule has 1 N–H and O–H groups in total. The highest BCUT2D eigenvalue weighted by Crippen LogP contribution is 2.37. The van der Waals surface area contributed by atoms with Crippen LogP contribution in [0.1, 0.15) is 23.6 Å². The van der Waals surface area contributed by atoms with E-state index >= 15 is 0 Å². The maximum absolute atomic E-state index is 14.4. The molecule has 1 unspecified atom stereocenters. The van der Waals surface area contributed by atoms with E-state index in [-0.39, 0.29) is 29.9 Å². The van der Waals surface area contributed by atoms with Gasteiger partial charge >= 0.3 is 6.03 Å². The number of urea groups is 1. The van der Waals surface area contributed by atoms with Crippen molar-refractivity contribution in [3.8, 4) is 5.75 Å². The molecule has 2 aromatic carbocycles. The zero-order valence-corrected chi connectivity index (χ0v) is 16.0. The van der Waals surface area contributed by atoms with Crippen molar-refractivity contribution in [1.82, 2.24) is 9.80 Å². The highest BCUT2D eigenvalue weighted by molar-refractivity contribution is 5.82. The first-order chi connectivity index (χ1) is 13.9. The quantitative estimate of drug-likeness (QED) is 0.849. The fourth-order valence-electron chi connectivity index (χ4n) is 3.89. The van der Waals surface area contributed by atoms with Crippen molar-refractivity contribution in [2.75, 3.05) is 26.8 Å². The normalized spacial score (nSPS) is 21.3. The lowest BCUT2D eigenvalue weighted by molar-refractivity contribution is 0.131. The van der Waals surface area contributed by atoms with Gasteiger partial charge in [0.2, 0.25) is 0 Å². The number of likely N-dealkylation sites (N-methyl/N-ethyl adjacent to an activating group) is 1. The van der Waals surface area contributed by atoms with Crippen molar-refractivity contribution in [2.24, 2.45) is 0 Å². The van der Waals surface area contributed by atoms with Crippen molar-refractivity contribution in [3.63, 3.8) is 0 Å².